The number of nitrogens with zero attached hydrogens (tertiary/aromatic N) is 4. The number of benzene rings is 1. The van der Waals surface area contributed by atoms with Crippen LogP contribution < -0.4 is 10.7 Å². The minimum Gasteiger partial charge on any atom is -0.347 e. The second-order valence-corrected chi connectivity index (χ2v) is 9.93. The molecule has 1 aromatic carbocycles. The van der Waals surface area contributed by atoms with Gasteiger partial charge in [0.05, 0.1) is 16.2 Å². The number of hydrogen-bond acceptors (Lipinski definition) is 7. The smallest absolute Gasteiger partial charge is 0.347 e. The van der Waals surface area contributed by atoms with Gasteiger partial charge in [-0.25, -0.2) is 27.4 Å². The quantitative estimate of drug-likeness (QED) is 0.540. The Morgan fingerprint density at radius 3 is 2.62 bits per heavy atom. The third-order valence-corrected chi connectivity index (χ3v) is 7.23. The fourth-order valence-corrected chi connectivity index (χ4v) is 5.11. The van der Waals surface area contributed by atoms with Gasteiger partial charge in [0.15, 0.2) is 11.5 Å². The molecule has 1 atom stereocenters. The van der Waals surface area contributed by atoms with Crippen molar-refractivity contribution in [3.05, 3.63) is 48.4 Å². The number of aromatic nitrogens is 3. The molecule has 4 rings (SSSR count). The van der Waals surface area contributed by atoms with Crippen molar-refractivity contribution in [2.45, 2.75) is 30.8 Å². The van der Waals surface area contributed by atoms with Crippen LogP contribution in [0.4, 0.5) is 19.0 Å². The first-order valence-corrected chi connectivity index (χ1v) is 12.0. The van der Waals surface area contributed by atoms with Gasteiger partial charge in [-0.2, -0.15) is 13.2 Å². The van der Waals surface area contributed by atoms with Gasteiger partial charge in [-0.3, -0.25) is 4.79 Å². The van der Waals surface area contributed by atoms with Gasteiger partial charge in [-0.05, 0) is 38.0 Å². The summed E-state index contributed by atoms with van der Waals surface area (Å²) in [5.41, 5.74) is 4.17. The van der Waals surface area contributed by atoms with E-state index in [1.54, 1.807) is 23.2 Å². The Labute approximate surface area is 194 Å². The van der Waals surface area contributed by atoms with Crippen LogP contribution in [-0.2, 0) is 14.8 Å². The number of carbonyl (C=O) groups excluding carboxylic acids is 1. The van der Waals surface area contributed by atoms with Crippen LogP contribution in [-0.4, -0.2) is 59.1 Å². The summed E-state index contributed by atoms with van der Waals surface area (Å²) in [5, 5.41) is 4.07. The van der Waals surface area contributed by atoms with Crippen LogP contribution in [0.3, 0.4) is 0 Å². The topological polar surface area (TPSA) is 109 Å². The minimum absolute atomic E-state index is 0.118. The third-order valence-electron chi connectivity index (χ3n) is 5.55. The number of rotatable bonds is 6. The summed E-state index contributed by atoms with van der Waals surface area (Å²) >= 11 is 0. The fourth-order valence-electron chi connectivity index (χ4n) is 3.81. The molecule has 1 saturated heterocycles. The second kappa shape index (κ2) is 9.22. The highest BCUT2D eigenvalue weighted by atomic mass is 32.2. The van der Waals surface area contributed by atoms with Crippen molar-refractivity contribution in [3.8, 4) is 0 Å². The van der Waals surface area contributed by atoms with E-state index >= 15 is 0 Å². The molecule has 3 aromatic rings. The molecule has 0 aliphatic carbocycles. The average Bonchev–Trinajstić information content (AvgIpc) is 3.24. The lowest BCUT2D eigenvalue weighted by Crippen LogP contribution is -2.46. The number of aryl methyl sites for hydroxylation is 1. The number of fused-ring (bicyclic) bond motifs is 1. The molecule has 34 heavy (non-hydrogen) atoms. The molecule has 1 aliphatic rings. The number of amides is 1. The first-order chi connectivity index (χ1) is 16.0. The predicted molar refractivity (Wildman–Crippen MR) is 118 cm³/mol. The summed E-state index contributed by atoms with van der Waals surface area (Å²) in [7, 11) is -3.89. The first-order valence-electron chi connectivity index (χ1n) is 10.5. The van der Waals surface area contributed by atoms with Gasteiger partial charge in [0.2, 0.25) is 5.91 Å². The van der Waals surface area contributed by atoms with Crippen molar-refractivity contribution in [3.63, 3.8) is 0 Å². The molecule has 0 radical (unpaired) electrons. The Balaban J connectivity index is 1.53. The number of alkyl halides is 3. The molecule has 0 saturated carbocycles. The van der Waals surface area contributed by atoms with Gasteiger partial charge in [0.25, 0.3) is 10.0 Å². The van der Waals surface area contributed by atoms with E-state index in [9.17, 15) is 26.4 Å². The minimum atomic E-state index is -4.47. The summed E-state index contributed by atoms with van der Waals surface area (Å²) in [6, 6.07) is 8.03. The lowest BCUT2D eigenvalue weighted by Gasteiger charge is -2.32. The molecule has 2 aromatic heterocycles. The van der Waals surface area contributed by atoms with E-state index in [0.717, 1.165) is 9.54 Å². The van der Waals surface area contributed by atoms with Crippen molar-refractivity contribution in [2.75, 3.05) is 25.1 Å². The van der Waals surface area contributed by atoms with Crippen LogP contribution >= 0.6 is 0 Å². The zero-order chi connectivity index (χ0) is 24.5. The summed E-state index contributed by atoms with van der Waals surface area (Å²) < 4.78 is 64.5. The fraction of sp³-hybridized carbons (Fsp3) is 0.381. The van der Waals surface area contributed by atoms with E-state index in [-0.39, 0.29) is 17.1 Å². The number of carbonyl (C=O) groups is 1. The summed E-state index contributed by atoms with van der Waals surface area (Å²) in [4.78, 5) is 20.6. The van der Waals surface area contributed by atoms with E-state index in [1.807, 2.05) is 12.2 Å². The molecule has 13 heteroatoms. The highest BCUT2D eigenvalue weighted by Crippen LogP contribution is 2.26. The Hall–Kier alpha value is -3.19. The van der Waals surface area contributed by atoms with Crippen LogP contribution in [0.2, 0.25) is 0 Å². The number of hydrazine groups is 1. The third kappa shape index (κ3) is 5.14. The molecular weight excluding hydrogens is 473 g/mol. The summed E-state index contributed by atoms with van der Waals surface area (Å²) in [5.74, 6) is -0.946. The zero-order valence-electron chi connectivity index (χ0n) is 18.2. The Kier molecular flexibility index (Phi) is 6.49. The number of hydrogen-bond donors (Lipinski definition) is 2. The molecular formula is C21H23F3N6O3S. The molecule has 2 N–H and O–H groups in total. The Morgan fingerprint density at radius 2 is 1.91 bits per heavy atom. The van der Waals surface area contributed by atoms with E-state index in [4.69, 9.17) is 0 Å². The van der Waals surface area contributed by atoms with Crippen LogP contribution in [0.25, 0.3) is 11.0 Å². The van der Waals surface area contributed by atoms with E-state index < -0.39 is 34.6 Å². The van der Waals surface area contributed by atoms with Crippen LogP contribution in [0.15, 0.2) is 47.8 Å². The maximum atomic E-state index is 13.1. The van der Waals surface area contributed by atoms with E-state index in [2.05, 4.69) is 15.4 Å². The maximum Gasteiger partial charge on any atom is 0.405 e. The van der Waals surface area contributed by atoms with Crippen molar-refractivity contribution in [2.24, 2.45) is 5.92 Å². The van der Waals surface area contributed by atoms with Gasteiger partial charge in [0, 0.05) is 19.3 Å². The molecule has 1 amide bonds. The van der Waals surface area contributed by atoms with Crippen molar-refractivity contribution >= 4 is 32.8 Å². The second-order valence-electron chi connectivity index (χ2n) is 8.12. The molecule has 0 bridgehead atoms. The van der Waals surface area contributed by atoms with Crippen LogP contribution in [0.5, 0.6) is 0 Å². The highest BCUT2D eigenvalue weighted by Gasteiger charge is 2.32. The van der Waals surface area contributed by atoms with E-state index in [0.29, 0.717) is 30.6 Å². The predicted octanol–water partition coefficient (Wildman–Crippen LogP) is 2.69. The number of piperidine rings is 1. The monoisotopic (exact) mass is 496 g/mol. The molecule has 0 spiro atoms. The average molecular weight is 497 g/mol. The molecule has 9 nitrogen and oxygen atoms in total. The van der Waals surface area contributed by atoms with Gasteiger partial charge < -0.3 is 10.7 Å². The SMILES string of the molecule is Cc1ccc(S(=O)(=O)n2ccc3c(NN4CCCC(C(=O)NCC(F)(F)F)C4)ncnc32)cc1. The van der Waals surface area contributed by atoms with Gasteiger partial charge in [0.1, 0.15) is 12.9 Å². The van der Waals surface area contributed by atoms with Crippen molar-refractivity contribution in [1.29, 1.82) is 0 Å². The lowest BCUT2D eigenvalue weighted by atomic mass is 9.98. The Bertz CT molecular complexity index is 1290. The number of nitrogens with one attached hydrogen (secondary N) is 2. The van der Waals surface area contributed by atoms with Gasteiger partial charge >= 0.3 is 6.18 Å². The standard InChI is InChI=1S/C21H23F3N6O3S/c1-14-4-6-16(7-5-14)34(32,33)30-10-8-17-18(26-13-27-19(17)30)28-29-9-2-3-15(11-29)20(31)25-12-21(22,23)24/h4-8,10,13,15H,2-3,9,11-12H2,1H3,(H,25,31)(H,26,27,28). The maximum absolute atomic E-state index is 13.1. The van der Waals surface area contributed by atoms with Crippen molar-refractivity contribution < 1.29 is 26.4 Å². The number of anilines is 1. The van der Waals surface area contributed by atoms with Gasteiger partial charge in [-0.15, -0.1) is 0 Å². The Morgan fingerprint density at radius 1 is 1.18 bits per heavy atom. The molecule has 3 heterocycles. The molecule has 1 unspecified atom stereocenters. The summed E-state index contributed by atoms with van der Waals surface area (Å²) in [6.07, 6.45) is -0.798. The highest BCUT2D eigenvalue weighted by molar-refractivity contribution is 7.90. The van der Waals surface area contributed by atoms with Crippen molar-refractivity contribution in [1.82, 2.24) is 24.3 Å². The molecule has 182 valence electrons. The molecule has 1 fully saturated rings. The summed E-state index contributed by atoms with van der Waals surface area (Å²) in [6.45, 7) is 1.21. The zero-order valence-corrected chi connectivity index (χ0v) is 19.0. The molecule has 1 aliphatic heterocycles. The number of halogens is 3. The first kappa shape index (κ1) is 24.0. The normalized spacial score (nSPS) is 17.6. The van der Waals surface area contributed by atoms with Gasteiger partial charge in [-0.1, -0.05) is 17.7 Å². The van der Waals surface area contributed by atoms with E-state index in [1.165, 1.54) is 24.7 Å². The largest absolute Gasteiger partial charge is 0.405 e. The van der Waals surface area contributed by atoms with Crippen LogP contribution in [0.1, 0.15) is 18.4 Å². The van der Waals surface area contributed by atoms with Crippen LogP contribution in [0, 0.1) is 12.8 Å². The lowest BCUT2D eigenvalue weighted by molar-refractivity contribution is -0.141.